The van der Waals surface area contributed by atoms with Gasteiger partial charge in [-0.2, -0.15) is 0 Å². The third-order valence-corrected chi connectivity index (χ3v) is 4.68. The summed E-state index contributed by atoms with van der Waals surface area (Å²) >= 11 is 0. The summed E-state index contributed by atoms with van der Waals surface area (Å²) in [5.74, 6) is 0. The van der Waals surface area contributed by atoms with Gasteiger partial charge in [-0.25, -0.2) is 4.98 Å². The second kappa shape index (κ2) is 5.30. The van der Waals surface area contributed by atoms with Crippen LogP contribution in [0, 0.1) is 6.92 Å². The molecule has 21 heavy (non-hydrogen) atoms. The van der Waals surface area contributed by atoms with Gasteiger partial charge in [0.15, 0.2) is 0 Å². The van der Waals surface area contributed by atoms with Crippen LogP contribution < -0.4 is 5.32 Å². The predicted molar refractivity (Wildman–Crippen MR) is 84.8 cm³/mol. The number of imidazole rings is 1. The molecule has 2 aromatic rings. The highest BCUT2D eigenvalue weighted by molar-refractivity contribution is 5.45. The minimum atomic E-state index is 0.745. The average Bonchev–Trinajstić information content (AvgIpc) is 3.24. The van der Waals surface area contributed by atoms with Gasteiger partial charge < -0.3 is 9.88 Å². The van der Waals surface area contributed by atoms with Gasteiger partial charge in [0.1, 0.15) is 0 Å². The van der Waals surface area contributed by atoms with Crippen molar-refractivity contribution in [2.75, 3.05) is 0 Å². The van der Waals surface area contributed by atoms with Gasteiger partial charge in [0.2, 0.25) is 0 Å². The molecule has 1 aromatic carbocycles. The van der Waals surface area contributed by atoms with Crippen LogP contribution in [0.5, 0.6) is 0 Å². The Morgan fingerprint density at radius 3 is 2.95 bits per heavy atom. The fraction of sp³-hybridized carbons (Fsp3) is 0.500. The van der Waals surface area contributed by atoms with Crippen LogP contribution in [-0.4, -0.2) is 15.6 Å². The van der Waals surface area contributed by atoms with Crippen molar-refractivity contribution in [1.82, 2.24) is 14.9 Å². The molecule has 1 heterocycles. The maximum Gasteiger partial charge on any atom is 0.0997 e. The van der Waals surface area contributed by atoms with E-state index in [1.54, 1.807) is 0 Å². The van der Waals surface area contributed by atoms with E-state index in [1.165, 1.54) is 60.3 Å². The van der Waals surface area contributed by atoms with Crippen LogP contribution in [0.1, 0.15) is 48.2 Å². The molecule has 1 fully saturated rings. The Balaban J connectivity index is 1.71. The fourth-order valence-electron chi connectivity index (χ4n) is 3.31. The maximum atomic E-state index is 4.65. The van der Waals surface area contributed by atoms with E-state index in [2.05, 4.69) is 40.0 Å². The van der Waals surface area contributed by atoms with Gasteiger partial charge in [-0.05, 0) is 57.1 Å². The molecule has 1 N–H and O–H groups in total. The van der Waals surface area contributed by atoms with Crippen molar-refractivity contribution in [2.45, 2.75) is 58.0 Å². The lowest BCUT2D eigenvalue weighted by atomic mass is 10.0. The number of aryl methyl sites for hydroxylation is 2. The molecule has 4 rings (SSSR count). The number of fused-ring (bicyclic) bond motifs is 1. The number of rotatable bonds is 4. The number of benzene rings is 1. The van der Waals surface area contributed by atoms with Crippen LogP contribution in [0.25, 0.3) is 5.69 Å². The van der Waals surface area contributed by atoms with Gasteiger partial charge in [0.05, 0.1) is 17.7 Å². The van der Waals surface area contributed by atoms with Crippen LogP contribution in [0.3, 0.4) is 0 Å². The van der Waals surface area contributed by atoms with Gasteiger partial charge in [-0.1, -0.05) is 17.7 Å². The van der Waals surface area contributed by atoms with E-state index in [1.807, 2.05) is 6.33 Å². The first-order chi connectivity index (χ1) is 10.3. The molecule has 1 aromatic heterocycles. The average molecular weight is 281 g/mol. The van der Waals surface area contributed by atoms with Crippen LogP contribution in [0.4, 0.5) is 0 Å². The molecule has 110 valence electrons. The van der Waals surface area contributed by atoms with Crippen molar-refractivity contribution >= 4 is 0 Å². The summed E-state index contributed by atoms with van der Waals surface area (Å²) in [7, 11) is 0. The second-order valence-electron chi connectivity index (χ2n) is 6.50. The molecule has 0 spiro atoms. The van der Waals surface area contributed by atoms with E-state index in [0.717, 1.165) is 19.0 Å². The minimum absolute atomic E-state index is 0.745. The lowest BCUT2D eigenvalue weighted by Crippen LogP contribution is -2.17. The van der Waals surface area contributed by atoms with Crippen LogP contribution in [0.2, 0.25) is 0 Å². The zero-order valence-electron chi connectivity index (χ0n) is 12.7. The van der Waals surface area contributed by atoms with Crippen molar-refractivity contribution in [3.8, 4) is 5.69 Å². The molecule has 0 unspecified atom stereocenters. The summed E-state index contributed by atoms with van der Waals surface area (Å²) in [4.78, 5) is 4.65. The summed E-state index contributed by atoms with van der Waals surface area (Å²) in [6, 6.07) is 7.54. The molecule has 0 radical (unpaired) electrons. The van der Waals surface area contributed by atoms with E-state index in [-0.39, 0.29) is 0 Å². The maximum absolute atomic E-state index is 4.65. The number of hydrogen-bond donors (Lipinski definition) is 1. The van der Waals surface area contributed by atoms with Gasteiger partial charge >= 0.3 is 0 Å². The van der Waals surface area contributed by atoms with Crippen molar-refractivity contribution in [2.24, 2.45) is 0 Å². The number of nitrogens with one attached hydrogen (secondary N) is 1. The van der Waals surface area contributed by atoms with E-state index < -0.39 is 0 Å². The van der Waals surface area contributed by atoms with E-state index >= 15 is 0 Å². The standard InChI is InChI=1S/C18H23N3/c1-13-6-9-17(14(10-13)11-19-15-7-8-15)21-12-20-16-4-2-3-5-18(16)21/h6,9-10,12,15,19H,2-5,7-8,11H2,1H3. The smallest absolute Gasteiger partial charge is 0.0997 e. The normalized spacial score (nSPS) is 17.8. The third-order valence-electron chi connectivity index (χ3n) is 4.68. The molecule has 0 amide bonds. The Labute approximate surface area is 126 Å². The highest BCUT2D eigenvalue weighted by Crippen LogP contribution is 2.26. The van der Waals surface area contributed by atoms with Gasteiger partial charge in [-0.3, -0.25) is 0 Å². The Morgan fingerprint density at radius 2 is 2.10 bits per heavy atom. The molecule has 0 bridgehead atoms. The van der Waals surface area contributed by atoms with Crippen LogP contribution in [-0.2, 0) is 19.4 Å². The molecule has 0 atom stereocenters. The summed E-state index contributed by atoms with van der Waals surface area (Å²) in [5, 5.41) is 3.65. The Hall–Kier alpha value is -1.61. The quantitative estimate of drug-likeness (QED) is 0.932. The Kier molecular flexibility index (Phi) is 3.30. The predicted octanol–water partition coefficient (Wildman–Crippen LogP) is 3.31. The second-order valence-corrected chi connectivity index (χ2v) is 6.50. The molecule has 3 heteroatoms. The van der Waals surface area contributed by atoms with Crippen molar-refractivity contribution < 1.29 is 0 Å². The van der Waals surface area contributed by atoms with Crippen molar-refractivity contribution in [3.05, 3.63) is 47.0 Å². The molecule has 0 saturated heterocycles. The van der Waals surface area contributed by atoms with E-state index in [9.17, 15) is 0 Å². The van der Waals surface area contributed by atoms with Crippen LogP contribution >= 0.6 is 0 Å². The zero-order valence-corrected chi connectivity index (χ0v) is 12.7. The number of nitrogens with zero attached hydrogens (tertiary/aromatic N) is 2. The zero-order chi connectivity index (χ0) is 14.2. The highest BCUT2D eigenvalue weighted by atomic mass is 15.1. The van der Waals surface area contributed by atoms with E-state index in [4.69, 9.17) is 0 Å². The third kappa shape index (κ3) is 2.62. The SMILES string of the molecule is Cc1ccc(-n2cnc3c2CCCC3)c(CNC2CC2)c1. The summed E-state index contributed by atoms with van der Waals surface area (Å²) in [6.45, 7) is 3.14. The summed E-state index contributed by atoms with van der Waals surface area (Å²) < 4.78 is 2.33. The van der Waals surface area contributed by atoms with Gasteiger partial charge in [0, 0.05) is 18.3 Å². The number of hydrogen-bond acceptors (Lipinski definition) is 2. The molecular weight excluding hydrogens is 258 g/mol. The molecule has 1 saturated carbocycles. The highest BCUT2D eigenvalue weighted by Gasteiger charge is 2.21. The monoisotopic (exact) mass is 281 g/mol. The molecular formula is C18H23N3. The Bertz CT molecular complexity index is 652. The molecule has 0 aliphatic heterocycles. The first kappa shape index (κ1) is 13.1. The first-order valence-electron chi connectivity index (χ1n) is 8.19. The molecule has 3 nitrogen and oxygen atoms in total. The fourth-order valence-corrected chi connectivity index (χ4v) is 3.31. The Morgan fingerprint density at radius 1 is 1.24 bits per heavy atom. The van der Waals surface area contributed by atoms with Gasteiger partial charge in [-0.15, -0.1) is 0 Å². The topological polar surface area (TPSA) is 29.9 Å². The molecule has 2 aliphatic carbocycles. The van der Waals surface area contributed by atoms with Crippen molar-refractivity contribution in [1.29, 1.82) is 0 Å². The summed E-state index contributed by atoms with van der Waals surface area (Å²) in [5.41, 5.74) is 6.78. The van der Waals surface area contributed by atoms with Crippen LogP contribution in [0.15, 0.2) is 24.5 Å². The first-order valence-corrected chi connectivity index (χ1v) is 8.19. The summed E-state index contributed by atoms with van der Waals surface area (Å²) in [6.07, 6.45) is 9.58. The van der Waals surface area contributed by atoms with E-state index in [0.29, 0.717) is 0 Å². The van der Waals surface area contributed by atoms with Crippen molar-refractivity contribution in [3.63, 3.8) is 0 Å². The number of aromatic nitrogens is 2. The molecule has 2 aliphatic rings. The largest absolute Gasteiger partial charge is 0.310 e. The minimum Gasteiger partial charge on any atom is -0.310 e. The lowest BCUT2D eigenvalue weighted by Gasteiger charge is -2.17. The van der Waals surface area contributed by atoms with Gasteiger partial charge in [0.25, 0.3) is 0 Å². The lowest BCUT2D eigenvalue weighted by molar-refractivity contribution is 0.651.